The Morgan fingerprint density at radius 1 is 1.73 bits per heavy atom. The van der Waals surface area contributed by atoms with Crippen molar-refractivity contribution in [2.75, 3.05) is 19.7 Å². The molecule has 1 aliphatic rings. The van der Waals surface area contributed by atoms with Crippen molar-refractivity contribution in [2.45, 2.75) is 12.8 Å². The van der Waals surface area contributed by atoms with Crippen LogP contribution < -0.4 is 0 Å². The van der Waals surface area contributed by atoms with Crippen molar-refractivity contribution >= 4 is 26.5 Å². The molecule has 0 bridgehead atoms. The minimum absolute atomic E-state index is 0.0979. The molecule has 11 heavy (non-hydrogen) atoms. The van der Waals surface area contributed by atoms with E-state index in [1.165, 1.54) is 0 Å². The lowest BCUT2D eigenvalue weighted by Gasteiger charge is -2.30. The lowest BCUT2D eigenvalue weighted by atomic mass is 10.00. The zero-order valence-electron chi connectivity index (χ0n) is 6.29. The van der Waals surface area contributed by atoms with Crippen molar-refractivity contribution in [3.8, 4) is 0 Å². The molecule has 1 fully saturated rings. The van der Waals surface area contributed by atoms with Crippen molar-refractivity contribution in [3.05, 3.63) is 0 Å². The number of aliphatic hydroxyl groups is 1. The normalized spacial score (nSPS) is 25.3. The van der Waals surface area contributed by atoms with Gasteiger partial charge in [0.1, 0.15) is 0 Å². The number of halogens is 1. The van der Waals surface area contributed by atoms with Gasteiger partial charge in [-0.2, -0.15) is 0 Å². The van der Waals surface area contributed by atoms with Crippen LogP contribution in [-0.2, 0) is 0 Å². The number of aliphatic hydroxyl groups excluding tert-OH is 1. The topological polar surface area (TPSA) is 40.5 Å². The highest BCUT2D eigenvalue weighted by Gasteiger charge is 2.20. The van der Waals surface area contributed by atoms with Gasteiger partial charge in [-0.3, -0.25) is 4.79 Å². The van der Waals surface area contributed by atoms with Crippen LogP contribution in [0, 0.1) is 5.92 Å². The largest absolute Gasteiger partial charge is 0.396 e. The van der Waals surface area contributed by atoms with Gasteiger partial charge in [0.2, 0.25) is 0 Å². The maximum absolute atomic E-state index is 10.9. The van der Waals surface area contributed by atoms with Gasteiger partial charge in [-0.25, -0.2) is 0 Å². The molecule has 1 rings (SSSR count). The highest BCUT2D eigenvalue weighted by atomic mass is 127. The number of piperidine rings is 1. The third-order valence-corrected chi connectivity index (χ3v) is 2.71. The van der Waals surface area contributed by atoms with E-state index in [4.69, 9.17) is 5.11 Å². The molecule has 0 spiro atoms. The van der Waals surface area contributed by atoms with Gasteiger partial charge in [-0.15, -0.1) is 0 Å². The summed E-state index contributed by atoms with van der Waals surface area (Å²) in [5.41, 5.74) is 0. The third kappa shape index (κ3) is 2.59. The quantitative estimate of drug-likeness (QED) is 0.442. The van der Waals surface area contributed by atoms with Crippen LogP contribution in [0.5, 0.6) is 0 Å². The van der Waals surface area contributed by atoms with Crippen LogP contribution in [0.25, 0.3) is 0 Å². The number of carbonyl (C=O) groups excluding carboxylic acids is 1. The summed E-state index contributed by atoms with van der Waals surface area (Å²) in [6.07, 6.45) is 2.08. The highest BCUT2D eigenvalue weighted by Crippen LogP contribution is 2.17. The third-order valence-electron chi connectivity index (χ3n) is 2.03. The molecular weight excluding hydrogens is 257 g/mol. The Morgan fingerprint density at radius 2 is 2.45 bits per heavy atom. The highest BCUT2D eigenvalue weighted by molar-refractivity contribution is 14.1. The standard InChI is InChI=1S/C7H12INO2/c8-7(11)9-3-1-2-6(4-9)5-10/h6,10H,1-5H2/t6-/m0/s1. The Labute approximate surface area is 79.9 Å². The van der Waals surface area contributed by atoms with Crippen molar-refractivity contribution < 1.29 is 9.90 Å². The van der Waals surface area contributed by atoms with E-state index in [1.807, 2.05) is 0 Å². The maximum Gasteiger partial charge on any atom is 0.283 e. The van der Waals surface area contributed by atoms with Crippen molar-refractivity contribution in [1.29, 1.82) is 0 Å². The van der Waals surface area contributed by atoms with Gasteiger partial charge in [-0.1, -0.05) is 0 Å². The van der Waals surface area contributed by atoms with Crippen LogP contribution >= 0.6 is 22.6 Å². The number of likely N-dealkylation sites (tertiary alicyclic amines) is 1. The van der Waals surface area contributed by atoms with E-state index in [1.54, 1.807) is 27.5 Å². The average molecular weight is 269 g/mol. The van der Waals surface area contributed by atoms with Gasteiger partial charge in [0.25, 0.3) is 3.91 Å². The molecule has 0 unspecified atom stereocenters. The Morgan fingerprint density at radius 3 is 3.00 bits per heavy atom. The summed E-state index contributed by atoms with van der Waals surface area (Å²) in [5.74, 6) is 0.308. The van der Waals surface area contributed by atoms with E-state index < -0.39 is 0 Å². The second-order valence-corrected chi connectivity index (χ2v) is 3.81. The first-order valence-corrected chi connectivity index (χ1v) is 4.87. The fourth-order valence-electron chi connectivity index (χ4n) is 1.37. The van der Waals surface area contributed by atoms with E-state index in [2.05, 4.69) is 0 Å². The average Bonchev–Trinajstić information content (AvgIpc) is 2.05. The number of rotatable bonds is 1. The summed E-state index contributed by atoms with van der Waals surface area (Å²) in [7, 11) is 0. The zero-order valence-corrected chi connectivity index (χ0v) is 8.45. The molecule has 0 radical (unpaired) electrons. The number of hydrogen-bond donors (Lipinski definition) is 1. The zero-order chi connectivity index (χ0) is 8.27. The lowest BCUT2D eigenvalue weighted by molar-refractivity contribution is 0.142. The molecule has 1 aliphatic heterocycles. The molecule has 0 aromatic rings. The Kier molecular flexibility index (Phi) is 3.58. The molecule has 0 aromatic heterocycles. The van der Waals surface area contributed by atoms with Crippen LogP contribution in [0.15, 0.2) is 0 Å². The number of amides is 1. The minimum atomic E-state index is 0.0979. The predicted octanol–water partition coefficient (Wildman–Crippen LogP) is 1.25. The van der Waals surface area contributed by atoms with Gasteiger partial charge in [-0.05, 0) is 18.8 Å². The van der Waals surface area contributed by atoms with Crippen LogP contribution in [-0.4, -0.2) is 33.6 Å². The first kappa shape index (κ1) is 9.25. The summed E-state index contributed by atoms with van der Waals surface area (Å²) in [6, 6.07) is 0. The Bertz CT molecular complexity index is 151. The molecular formula is C7H12INO2. The smallest absolute Gasteiger partial charge is 0.283 e. The minimum Gasteiger partial charge on any atom is -0.396 e. The van der Waals surface area contributed by atoms with Crippen LogP contribution in [0.4, 0.5) is 4.79 Å². The lowest BCUT2D eigenvalue weighted by Crippen LogP contribution is -2.37. The molecule has 1 atom stereocenters. The fourth-order valence-corrected chi connectivity index (χ4v) is 1.81. The molecule has 0 aromatic carbocycles. The molecule has 1 heterocycles. The van der Waals surface area contributed by atoms with Gasteiger partial charge in [0.15, 0.2) is 0 Å². The van der Waals surface area contributed by atoms with E-state index in [0.29, 0.717) is 5.92 Å². The Balaban J connectivity index is 2.39. The SMILES string of the molecule is O=C(I)N1CCC[C@H](CO)C1. The molecule has 1 N–H and O–H groups in total. The van der Waals surface area contributed by atoms with E-state index >= 15 is 0 Å². The van der Waals surface area contributed by atoms with E-state index in [0.717, 1.165) is 25.9 Å². The monoisotopic (exact) mass is 269 g/mol. The number of carbonyl (C=O) groups is 1. The molecule has 1 saturated heterocycles. The summed E-state index contributed by atoms with van der Waals surface area (Å²) < 4.78 is 0.0979. The molecule has 1 amide bonds. The first-order chi connectivity index (χ1) is 5.24. The van der Waals surface area contributed by atoms with Gasteiger partial charge < -0.3 is 10.0 Å². The van der Waals surface area contributed by atoms with Crippen molar-refractivity contribution in [2.24, 2.45) is 5.92 Å². The number of nitrogens with zero attached hydrogens (tertiary/aromatic N) is 1. The summed E-state index contributed by atoms with van der Waals surface area (Å²) in [4.78, 5) is 12.7. The second-order valence-electron chi connectivity index (χ2n) is 2.89. The van der Waals surface area contributed by atoms with Gasteiger partial charge >= 0.3 is 0 Å². The maximum atomic E-state index is 10.9. The van der Waals surface area contributed by atoms with Crippen LogP contribution in [0.3, 0.4) is 0 Å². The van der Waals surface area contributed by atoms with Crippen molar-refractivity contribution in [3.63, 3.8) is 0 Å². The Hall–Kier alpha value is 0.160. The van der Waals surface area contributed by atoms with Crippen LogP contribution in [0.2, 0.25) is 0 Å². The summed E-state index contributed by atoms with van der Waals surface area (Å²) >= 11 is 1.79. The van der Waals surface area contributed by atoms with E-state index in [9.17, 15) is 4.79 Å². The number of hydrogen-bond acceptors (Lipinski definition) is 2. The van der Waals surface area contributed by atoms with E-state index in [-0.39, 0.29) is 10.5 Å². The molecule has 0 aliphatic carbocycles. The summed E-state index contributed by atoms with van der Waals surface area (Å²) in [5, 5.41) is 8.85. The summed E-state index contributed by atoms with van der Waals surface area (Å²) in [6.45, 7) is 1.80. The fraction of sp³-hybridized carbons (Fsp3) is 0.857. The molecule has 0 saturated carbocycles. The predicted molar refractivity (Wildman–Crippen MR) is 50.8 cm³/mol. The van der Waals surface area contributed by atoms with Crippen LogP contribution in [0.1, 0.15) is 12.8 Å². The van der Waals surface area contributed by atoms with Gasteiger partial charge in [0, 0.05) is 42.3 Å². The first-order valence-electron chi connectivity index (χ1n) is 3.79. The second kappa shape index (κ2) is 4.25. The molecule has 3 nitrogen and oxygen atoms in total. The van der Waals surface area contributed by atoms with Crippen molar-refractivity contribution in [1.82, 2.24) is 4.90 Å². The molecule has 64 valence electrons. The molecule has 4 heteroatoms. The van der Waals surface area contributed by atoms with Gasteiger partial charge in [0.05, 0.1) is 0 Å².